The van der Waals surface area contributed by atoms with Crippen LogP contribution in [-0.2, 0) is 0 Å². The zero-order valence-electron chi connectivity index (χ0n) is 11.8. The topological polar surface area (TPSA) is 40.5 Å². The molecule has 1 rings (SSSR count). The van der Waals surface area contributed by atoms with Crippen molar-refractivity contribution in [2.24, 2.45) is 0 Å². The van der Waals surface area contributed by atoms with Crippen LogP contribution in [-0.4, -0.2) is 35.1 Å². The summed E-state index contributed by atoms with van der Waals surface area (Å²) in [6.45, 7) is 6.63. The van der Waals surface area contributed by atoms with Gasteiger partial charge in [0, 0.05) is 23.7 Å². The highest BCUT2D eigenvalue weighted by molar-refractivity contribution is 5.94. The highest BCUT2D eigenvalue weighted by atomic mass is 16.2. The minimum atomic E-state index is -0.174. The average molecular weight is 259 g/mol. The highest BCUT2D eigenvalue weighted by Gasteiger charge is 2.18. The van der Waals surface area contributed by atoms with Gasteiger partial charge in [0.15, 0.2) is 0 Å². The summed E-state index contributed by atoms with van der Waals surface area (Å²) < 4.78 is 0. The number of hydrogen-bond donors (Lipinski definition) is 1. The molecule has 0 aromatic heterocycles. The number of aliphatic hydroxyl groups excluding tert-OH is 1. The van der Waals surface area contributed by atoms with Crippen molar-refractivity contribution < 1.29 is 9.90 Å². The standard InChI is InChI=1S/C16H21NO2/c1-4-13(3)17(5-2)16(19)15-10-6-8-14(12-15)9-7-11-18/h6,8,10,12-13,18H,4-5,11H2,1-3H3. The molecule has 102 valence electrons. The van der Waals surface area contributed by atoms with Crippen LogP contribution < -0.4 is 0 Å². The number of carbonyl (C=O) groups excluding carboxylic acids is 1. The van der Waals surface area contributed by atoms with Crippen LogP contribution in [0.15, 0.2) is 24.3 Å². The lowest BCUT2D eigenvalue weighted by Gasteiger charge is -2.27. The molecule has 0 fully saturated rings. The normalized spacial score (nSPS) is 11.4. The summed E-state index contributed by atoms with van der Waals surface area (Å²) in [5.41, 5.74) is 1.40. The maximum Gasteiger partial charge on any atom is 0.254 e. The Morgan fingerprint density at radius 1 is 1.42 bits per heavy atom. The lowest BCUT2D eigenvalue weighted by Crippen LogP contribution is -2.38. The van der Waals surface area contributed by atoms with E-state index in [1.165, 1.54) is 0 Å². The van der Waals surface area contributed by atoms with Gasteiger partial charge in [0.1, 0.15) is 6.61 Å². The van der Waals surface area contributed by atoms with Gasteiger partial charge < -0.3 is 10.0 Å². The van der Waals surface area contributed by atoms with Crippen molar-refractivity contribution in [2.75, 3.05) is 13.2 Å². The van der Waals surface area contributed by atoms with Gasteiger partial charge in [-0.1, -0.05) is 24.8 Å². The van der Waals surface area contributed by atoms with Gasteiger partial charge in [-0.3, -0.25) is 4.79 Å². The Morgan fingerprint density at radius 2 is 2.16 bits per heavy atom. The van der Waals surface area contributed by atoms with Crippen LogP contribution in [0, 0.1) is 11.8 Å². The minimum absolute atomic E-state index is 0.0319. The Hall–Kier alpha value is -1.79. The summed E-state index contributed by atoms with van der Waals surface area (Å²) >= 11 is 0. The lowest BCUT2D eigenvalue weighted by molar-refractivity contribution is 0.0700. The number of rotatable bonds is 4. The first kappa shape index (κ1) is 15.3. The summed E-state index contributed by atoms with van der Waals surface area (Å²) in [5, 5.41) is 8.69. The van der Waals surface area contributed by atoms with E-state index in [0.717, 1.165) is 12.0 Å². The van der Waals surface area contributed by atoms with Crippen LogP contribution in [0.4, 0.5) is 0 Å². The SMILES string of the molecule is CCC(C)N(CC)C(=O)c1cccc(C#CCO)c1. The van der Waals surface area contributed by atoms with Crippen molar-refractivity contribution >= 4 is 5.91 Å². The van der Waals surface area contributed by atoms with Crippen molar-refractivity contribution in [2.45, 2.75) is 33.2 Å². The number of amides is 1. The first-order chi connectivity index (χ1) is 9.13. The number of nitrogens with zero attached hydrogens (tertiary/aromatic N) is 1. The molecule has 3 nitrogen and oxygen atoms in total. The third kappa shape index (κ3) is 4.11. The van der Waals surface area contributed by atoms with E-state index >= 15 is 0 Å². The zero-order chi connectivity index (χ0) is 14.3. The maximum absolute atomic E-state index is 12.4. The smallest absolute Gasteiger partial charge is 0.254 e. The molecular weight excluding hydrogens is 238 g/mol. The van der Waals surface area contributed by atoms with Crippen LogP contribution in [0.1, 0.15) is 43.1 Å². The van der Waals surface area contributed by atoms with E-state index in [9.17, 15) is 4.79 Å². The molecule has 0 bridgehead atoms. The molecule has 0 heterocycles. The molecule has 1 aromatic carbocycles. The van der Waals surface area contributed by atoms with Gasteiger partial charge in [0.2, 0.25) is 0 Å². The number of carbonyl (C=O) groups is 1. The van der Waals surface area contributed by atoms with Gasteiger partial charge in [-0.15, -0.1) is 0 Å². The number of benzene rings is 1. The summed E-state index contributed by atoms with van der Waals surface area (Å²) in [6.07, 6.45) is 0.934. The lowest BCUT2D eigenvalue weighted by atomic mass is 10.1. The molecule has 1 atom stereocenters. The molecule has 1 aromatic rings. The fourth-order valence-corrected chi connectivity index (χ4v) is 1.91. The van der Waals surface area contributed by atoms with E-state index < -0.39 is 0 Å². The highest BCUT2D eigenvalue weighted by Crippen LogP contribution is 2.12. The number of aliphatic hydroxyl groups is 1. The van der Waals surface area contributed by atoms with Crippen LogP contribution in [0.25, 0.3) is 0 Å². The second-order valence-corrected chi connectivity index (χ2v) is 4.39. The van der Waals surface area contributed by atoms with Crippen LogP contribution in [0.2, 0.25) is 0 Å². The fourth-order valence-electron chi connectivity index (χ4n) is 1.91. The van der Waals surface area contributed by atoms with Crippen molar-refractivity contribution in [3.05, 3.63) is 35.4 Å². The Bertz CT molecular complexity index is 485. The molecule has 1 amide bonds. The molecule has 0 aliphatic rings. The zero-order valence-corrected chi connectivity index (χ0v) is 11.8. The summed E-state index contributed by atoms with van der Waals surface area (Å²) in [4.78, 5) is 14.3. The molecule has 1 unspecified atom stereocenters. The predicted octanol–water partition coefficient (Wildman–Crippen LogP) is 2.29. The van der Waals surface area contributed by atoms with E-state index in [1.54, 1.807) is 12.1 Å². The second-order valence-electron chi connectivity index (χ2n) is 4.39. The summed E-state index contributed by atoms with van der Waals surface area (Å²) in [7, 11) is 0. The van der Waals surface area contributed by atoms with Crippen molar-refractivity contribution in [3.63, 3.8) is 0 Å². The fraction of sp³-hybridized carbons (Fsp3) is 0.438. The summed E-state index contributed by atoms with van der Waals surface area (Å²) in [6, 6.07) is 7.45. The first-order valence-electron chi connectivity index (χ1n) is 6.64. The van der Waals surface area contributed by atoms with E-state index in [1.807, 2.05) is 24.0 Å². The molecule has 0 radical (unpaired) electrons. The van der Waals surface area contributed by atoms with Gasteiger partial charge in [-0.25, -0.2) is 0 Å². The molecule has 0 aliphatic carbocycles. The van der Waals surface area contributed by atoms with Gasteiger partial charge in [0.05, 0.1) is 0 Å². The predicted molar refractivity (Wildman–Crippen MR) is 76.9 cm³/mol. The molecule has 1 N–H and O–H groups in total. The van der Waals surface area contributed by atoms with E-state index in [-0.39, 0.29) is 18.6 Å². The van der Waals surface area contributed by atoms with Crippen molar-refractivity contribution in [1.29, 1.82) is 0 Å². The molecular formula is C16H21NO2. The molecule has 3 heteroatoms. The van der Waals surface area contributed by atoms with Gasteiger partial charge in [0.25, 0.3) is 5.91 Å². The molecule has 0 spiro atoms. The van der Waals surface area contributed by atoms with E-state index in [4.69, 9.17) is 5.11 Å². The monoisotopic (exact) mass is 259 g/mol. The summed E-state index contributed by atoms with van der Waals surface area (Å²) in [5.74, 6) is 5.44. The molecule has 0 aliphatic heterocycles. The van der Waals surface area contributed by atoms with Gasteiger partial charge >= 0.3 is 0 Å². The van der Waals surface area contributed by atoms with Crippen LogP contribution >= 0.6 is 0 Å². The second kappa shape index (κ2) is 7.60. The minimum Gasteiger partial charge on any atom is -0.384 e. The Labute approximate surface area is 115 Å². The first-order valence-corrected chi connectivity index (χ1v) is 6.64. The third-order valence-electron chi connectivity index (χ3n) is 3.15. The number of hydrogen-bond acceptors (Lipinski definition) is 2. The Kier molecular flexibility index (Phi) is 6.11. The largest absolute Gasteiger partial charge is 0.384 e. The van der Waals surface area contributed by atoms with Crippen LogP contribution in [0.5, 0.6) is 0 Å². The van der Waals surface area contributed by atoms with Crippen molar-refractivity contribution in [1.82, 2.24) is 4.90 Å². The quantitative estimate of drug-likeness (QED) is 0.843. The molecule has 0 saturated heterocycles. The van der Waals surface area contributed by atoms with Gasteiger partial charge in [-0.05, 0) is 38.5 Å². The molecule has 19 heavy (non-hydrogen) atoms. The maximum atomic E-state index is 12.4. The van der Waals surface area contributed by atoms with Gasteiger partial charge in [-0.2, -0.15) is 0 Å². The average Bonchev–Trinajstić information content (AvgIpc) is 2.45. The Morgan fingerprint density at radius 3 is 2.74 bits per heavy atom. The Balaban J connectivity index is 2.98. The van der Waals surface area contributed by atoms with E-state index in [0.29, 0.717) is 12.1 Å². The molecule has 0 saturated carbocycles. The van der Waals surface area contributed by atoms with Crippen LogP contribution in [0.3, 0.4) is 0 Å². The van der Waals surface area contributed by atoms with Crippen molar-refractivity contribution in [3.8, 4) is 11.8 Å². The van der Waals surface area contributed by atoms with E-state index in [2.05, 4.69) is 25.7 Å². The third-order valence-corrected chi connectivity index (χ3v) is 3.15.